The largest absolute Gasteiger partial charge is 0.384 e. The predicted molar refractivity (Wildman–Crippen MR) is 57.8 cm³/mol. The maximum absolute atomic E-state index is 12.6. The number of hydrogen-bond donors (Lipinski definition) is 2. The minimum Gasteiger partial charge on any atom is -0.384 e. The summed E-state index contributed by atoms with van der Waals surface area (Å²) in [5.74, 6) is -4.05. The molecule has 0 bridgehead atoms. The van der Waals surface area contributed by atoms with Crippen LogP contribution >= 0.6 is 0 Å². The van der Waals surface area contributed by atoms with E-state index in [1.54, 1.807) is 0 Å². The standard InChI is InChI=1S/C10H13F4N3/c1-2-16-7-3-8(5-15-4-7)17-6-10(13,14)9(11)12/h3-5,9,16-17H,2,6H2,1H3. The van der Waals surface area contributed by atoms with Crippen molar-refractivity contribution in [1.29, 1.82) is 0 Å². The molecule has 1 rings (SSSR count). The van der Waals surface area contributed by atoms with Gasteiger partial charge in [0.2, 0.25) is 0 Å². The molecule has 3 nitrogen and oxygen atoms in total. The van der Waals surface area contributed by atoms with Crippen molar-refractivity contribution in [1.82, 2.24) is 4.98 Å². The normalized spacial score (nSPS) is 11.6. The molecular weight excluding hydrogens is 238 g/mol. The Morgan fingerprint density at radius 3 is 2.35 bits per heavy atom. The number of nitrogens with zero attached hydrogens (tertiary/aromatic N) is 1. The zero-order valence-corrected chi connectivity index (χ0v) is 9.18. The summed E-state index contributed by atoms with van der Waals surface area (Å²) in [7, 11) is 0. The fourth-order valence-corrected chi connectivity index (χ4v) is 1.13. The first-order valence-electron chi connectivity index (χ1n) is 5.04. The Bertz CT molecular complexity index is 357. The van der Waals surface area contributed by atoms with Gasteiger partial charge in [0.05, 0.1) is 30.3 Å². The van der Waals surface area contributed by atoms with Crippen LogP contribution in [0.5, 0.6) is 0 Å². The zero-order chi connectivity index (χ0) is 12.9. The molecule has 0 aliphatic carbocycles. The van der Waals surface area contributed by atoms with Crippen LogP contribution in [0.25, 0.3) is 0 Å². The van der Waals surface area contributed by atoms with Gasteiger partial charge in [-0.1, -0.05) is 0 Å². The third-order valence-corrected chi connectivity index (χ3v) is 1.97. The molecule has 7 heteroatoms. The Balaban J connectivity index is 2.60. The number of alkyl halides is 4. The van der Waals surface area contributed by atoms with Gasteiger partial charge in [0.25, 0.3) is 0 Å². The van der Waals surface area contributed by atoms with Crippen LogP contribution in [0.3, 0.4) is 0 Å². The van der Waals surface area contributed by atoms with E-state index in [1.807, 2.05) is 6.92 Å². The molecule has 96 valence electrons. The third kappa shape index (κ3) is 4.08. The van der Waals surface area contributed by atoms with Crippen LogP contribution in [0.4, 0.5) is 28.9 Å². The quantitative estimate of drug-likeness (QED) is 0.763. The van der Waals surface area contributed by atoms with Crippen LogP contribution < -0.4 is 10.6 Å². The van der Waals surface area contributed by atoms with Crippen LogP contribution in [0.2, 0.25) is 0 Å². The second kappa shape index (κ2) is 5.70. The van der Waals surface area contributed by atoms with Crippen LogP contribution in [0.15, 0.2) is 18.5 Å². The van der Waals surface area contributed by atoms with Gasteiger partial charge in [0.15, 0.2) is 0 Å². The molecule has 0 aromatic carbocycles. The molecule has 0 amide bonds. The highest BCUT2D eigenvalue weighted by Crippen LogP contribution is 2.23. The Morgan fingerprint density at radius 2 is 1.82 bits per heavy atom. The summed E-state index contributed by atoms with van der Waals surface area (Å²) < 4.78 is 49.1. The van der Waals surface area contributed by atoms with Gasteiger partial charge in [-0.25, -0.2) is 8.78 Å². The number of halogens is 4. The molecule has 0 aliphatic rings. The summed E-state index contributed by atoms with van der Waals surface area (Å²) in [6, 6.07) is 1.53. The van der Waals surface area contributed by atoms with Crippen molar-refractivity contribution in [3.05, 3.63) is 18.5 Å². The lowest BCUT2D eigenvalue weighted by Crippen LogP contribution is -2.34. The van der Waals surface area contributed by atoms with E-state index < -0.39 is 18.9 Å². The molecule has 0 fully saturated rings. The molecule has 1 aromatic heterocycles. The first kappa shape index (κ1) is 13.5. The Labute approximate surface area is 96.2 Å². The maximum atomic E-state index is 12.6. The molecule has 0 saturated carbocycles. The highest BCUT2D eigenvalue weighted by atomic mass is 19.3. The number of rotatable bonds is 6. The molecule has 0 spiro atoms. The average molecular weight is 251 g/mol. The molecule has 0 radical (unpaired) electrons. The van der Waals surface area contributed by atoms with Gasteiger partial charge in [-0.05, 0) is 13.0 Å². The van der Waals surface area contributed by atoms with Gasteiger partial charge in [-0.15, -0.1) is 0 Å². The van der Waals surface area contributed by atoms with Gasteiger partial charge < -0.3 is 10.6 Å². The van der Waals surface area contributed by atoms with E-state index in [-0.39, 0.29) is 5.69 Å². The molecule has 1 aromatic rings. The smallest absolute Gasteiger partial charge is 0.324 e. The van der Waals surface area contributed by atoms with Gasteiger partial charge in [0, 0.05) is 6.54 Å². The summed E-state index contributed by atoms with van der Waals surface area (Å²) in [4.78, 5) is 3.79. The first-order chi connectivity index (χ1) is 7.95. The molecular formula is C10H13F4N3. The summed E-state index contributed by atoms with van der Waals surface area (Å²) >= 11 is 0. The van der Waals surface area contributed by atoms with Crippen molar-refractivity contribution in [2.75, 3.05) is 23.7 Å². The van der Waals surface area contributed by atoms with Crippen LogP contribution in [-0.2, 0) is 0 Å². The van der Waals surface area contributed by atoms with Crippen molar-refractivity contribution in [2.45, 2.75) is 19.3 Å². The van der Waals surface area contributed by atoms with Crippen molar-refractivity contribution < 1.29 is 17.6 Å². The van der Waals surface area contributed by atoms with Gasteiger partial charge >= 0.3 is 12.3 Å². The monoisotopic (exact) mass is 251 g/mol. The lowest BCUT2D eigenvalue weighted by molar-refractivity contribution is -0.117. The highest BCUT2D eigenvalue weighted by molar-refractivity contribution is 5.53. The molecule has 0 atom stereocenters. The number of nitrogens with one attached hydrogen (secondary N) is 2. The van der Waals surface area contributed by atoms with E-state index in [2.05, 4.69) is 15.6 Å². The van der Waals surface area contributed by atoms with Crippen LogP contribution in [0.1, 0.15) is 6.92 Å². The number of aromatic nitrogens is 1. The number of hydrogen-bond acceptors (Lipinski definition) is 3. The van der Waals surface area contributed by atoms with Gasteiger partial charge in [-0.2, -0.15) is 8.78 Å². The summed E-state index contributed by atoms with van der Waals surface area (Å²) in [6.07, 6.45) is -0.873. The number of pyridine rings is 1. The molecule has 2 N–H and O–H groups in total. The molecule has 0 aliphatic heterocycles. The third-order valence-electron chi connectivity index (χ3n) is 1.97. The topological polar surface area (TPSA) is 37.0 Å². The lowest BCUT2D eigenvalue weighted by atomic mass is 10.3. The van der Waals surface area contributed by atoms with Crippen molar-refractivity contribution in [2.24, 2.45) is 0 Å². The molecule has 1 heterocycles. The van der Waals surface area contributed by atoms with E-state index in [9.17, 15) is 17.6 Å². The van der Waals surface area contributed by atoms with E-state index in [0.717, 1.165) is 0 Å². The Morgan fingerprint density at radius 1 is 1.24 bits per heavy atom. The van der Waals surface area contributed by atoms with Crippen LogP contribution in [-0.4, -0.2) is 30.4 Å². The van der Waals surface area contributed by atoms with Crippen LogP contribution in [0, 0.1) is 0 Å². The van der Waals surface area contributed by atoms with Gasteiger partial charge in [0.1, 0.15) is 0 Å². The molecule has 0 unspecified atom stereocenters. The lowest BCUT2D eigenvalue weighted by Gasteiger charge is -2.16. The average Bonchev–Trinajstić information content (AvgIpc) is 2.27. The van der Waals surface area contributed by atoms with E-state index in [4.69, 9.17) is 0 Å². The fraction of sp³-hybridized carbons (Fsp3) is 0.500. The Kier molecular flexibility index (Phi) is 4.53. The van der Waals surface area contributed by atoms with E-state index in [1.165, 1.54) is 18.5 Å². The van der Waals surface area contributed by atoms with E-state index in [0.29, 0.717) is 12.2 Å². The molecule has 17 heavy (non-hydrogen) atoms. The summed E-state index contributed by atoms with van der Waals surface area (Å²) in [5, 5.41) is 5.16. The SMILES string of the molecule is CCNc1cncc(NCC(F)(F)C(F)F)c1. The fourth-order valence-electron chi connectivity index (χ4n) is 1.13. The van der Waals surface area contributed by atoms with E-state index >= 15 is 0 Å². The minimum absolute atomic E-state index is 0.267. The zero-order valence-electron chi connectivity index (χ0n) is 9.18. The summed E-state index contributed by atoms with van der Waals surface area (Å²) in [5.41, 5.74) is 0.904. The number of anilines is 2. The minimum atomic E-state index is -4.05. The predicted octanol–water partition coefficient (Wildman–Crippen LogP) is 2.83. The highest BCUT2D eigenvalue weighted by Gasteiger charge is 2.40. The van der Waals surface area contributed by atoms with Crippen molar-refractivity contribution >= 4 is 11.4 Å². The first-order valence-corrected chi connectivity index (χ1v) is 5.04. The molecule has 0 saturated heterocycles. The second-order valence-corrected chi connectivity index (χ2v) is 3.41. The van der Waals surface area contributed by atoms with Crippen molar-refractivity contribution in [3.8, 4) is 0 Å². The second-order valence-electron chi connectivity index (χ2n) is 3.41. The maximum Gasteiger partial charge on any atom is 0.324 e. The van der Waals surface area contributed by atoms with Crippen molar-refractivity contribution in [3.63, 3.8) is 0 Å². The summed E-state index contributed by atoms with van der Waals surface area (Å²) in [6.45, 7) is 1.39. The van der Waals surface area contributed by atoms with Gasteiger partial charge in [-0.3, -0.25) is 4.98 Å². The Hall–Kier alpha value is -1.53.